The van der Waals surface area contributed by atoms with Crippen LogP contribution in [0.1, 0.15) is 35.6 Å². The predicted molar refractivity (Wildman–Crippen MR) is 75.8 cm³/mol. The molecule has 1 aromatic rings. The molecule has 19 heavy (non-hydrogen) atoms. The molecule has 0 saturated carbocycles. The van der Waals surface area contributed by atoms with Crippen molar-refractivity contribution in [2.45, 2.75) is 26.7 Å². The molecule has 102 valence electrons. The molecule has 0 spiro atoms. The highest BCUT2D eigenvalue weighted by molar-refractivity contribution is 7.17. The van der Waals surface area contributed by atoms with Crippen molar-refractivity contribution < 1.29 is 9.59 Å². The minimum atomic E-state index is -0.335. The van der Waals surface area contributed by atoms with Crippen LogP contribution in [0, 0.1) is 5.41 Å². The van der Waals surface area contributed by atoms with Gasteiger partial charge in [0, 0.05) is 13.0 Å². The van der Waals surface area contributed by atoms with Gasteiger partial charge in [0.15, 0.2) is 10.9 Å². The second-order valence-corrected chi connectivity index (χ2v) is 6.36. The van der Waals surface area contributed by atoms with Crippen molar-refractivity contribution in [2.75, 3.05) is 11.9 Å². The van der Waals surface area contributed by atoms with Crippen LogP contribution in [0.15, 0.2) is 12.7 Å². The second kappa shape index (κ2) is 5.13. The van der Waals surface area contributed by atoms with Crippen LogP contribution in [-0.4, -0.2) is 23.3 Å². The van der Waals surface area contributed by atoms with Crippen LogP contribution >= 0.6 is 11.3 Å². The molecule has 6 heteroatoms. The van der Waals surface area contributed by atoms with Gasteiger partial charge in [0.25, 0.3) is 0 Å². The zero-order chi connectivity index (χ0) is 14.0. The van der Waals surface area contributed by atoms with Crippen molar-refractivity contribution in [3.05, 3.63) is 23.2 Å². The highest BCUT2D eigenvalue weighted by Gasteiger charge is 2.34. The van der Waals surface area contributed by atoms with Crippen LogP contribution in [0.4, 0.5) is 9.93 Å². The number of ketones is 1. The van der Waals surface area contributed by atoms with Crippen molar-refractivity contribution in [3.63, 3.8) is 0 Å². The molecule has 0 unspecified atom stereocenters. The summed E-state index contributed by atoms with van der Waals surface area (Å²) in [6.45, 7) is 8.02. The first-order valence-corrected chi connectivity index (χ1v) is 6.91. The number of anilines is 1. The second-order valence-electron chi connectivity index (χ2n) is 5.36. The van der Waals surface area contributed by atoms with E-state index in [0.29, 0.717) is 23.0 Å². The maximum absolute atomic E-state index is 12.0. The summed E-state index contributed by atoms with van der Waals surface area (Å²) in [4.78, 5) is 28.5. The number of amides is 2. The molecule has 0 bridgehead atoms. The number of nitrogens with zero attached hydrogens (tertiary/aromatic N) is 1. The van der Waals surface area contributed by atoms with Gasteiger partial charge in [-0.15, -0.1) is 6.58 Å². The third-order valence-electron chi connectivity index (χ3n) is 2.86. The van der Waals surface area contributed by atoms with E-state index in [1.165, 1.54) is 11.3 Å². The van der Waals surface area contributed by atoms with Crippen LogP contribution in [0.5, 0.6) is 0 Å². The van der Waals surface area contributed by atoms with Crippen LogP contribution in [0.25, 0.3) is 0 Å². The Balaban J connectivity index is 2.12. The molecule has 0 radical (unpaired) electrons. The Bertz CT molecular complexity index is 534. The molecule has 1 aliphatic carbocycles. The summed E-state index contributed by atoms with van der Waals surface area (Å²) in [6, 6.07) is -0.335. The minimum absolute atomic E-state index is 0.0550. The third kappa shape index (κ3) is 3.20. The molecule has 5 nitrogen and oxygen atoms in total. The van der Waals surface area contributed by atoms with Gasteiger partial charge < -0.3 is 5.32 Å². The lowest BCUT2D eigenvalue weighted by molar-refractivity contribution is 0.0916. The lowest BCUT2D eigenvalue weighted by Gasteiger charge is -2.26. The number of urea groups is 1. The number of fused-ring (bicyclic) bond motifs is 1. The minimum Gasteiger partial charge on any atom is -0.334 e. The van der Waals surface area contributed by atoms with Gasteiger partial charge in [-0.2, -0.15) is 0 Å². The summed E-state index contributed by atoms with van der Waals surface area (Å²) in [5.74, 6) is 0.114. The molecule has 1 aliphatic rings. The molecule has 0 saturated heterocycles. The predicted octanol–water partition coefficient (Wildman–Crippen LogP) is 2.61. The zero-order valence-corrected chi connectivity index (χ0v) is 11.9. The smallest absolute Gasteiger partial charge is 0.321 e. The van der Waals surface area contributed by atoms with E-state index < -0.39 is 0 Å². The number of nitrogens with one attached hydrogen (secondary N) is 2. The number of hydrogen-bond donors (Lipinski definition) is 2. The average Bonchev–Trinajstić information content (AvgIpc) is 2.67. The quantitative estimate of drug-likeness (QED) is 0.835. The van der Waals surface area contributed by atoms with Gasteiger partial charge in [0.05, 0.1) is 10.6 Å². The van der Waals surface area contributed by atoms with Crippen LogP contribution in [0.3, 0.4) is 0 Å². The van der Waals surface area contributed by atoms with Gasteiger partial charge >= 0.3 is 6.03 Å². The van der Waals surface area contributed by atoms with E-state index >= 15 is 0 Å². The molecule has 2 rings (SSSR count). The fraction of sp³-hybridized carbons (Fsp3) is 0.462. The maximum Gasteiger partial charge on any atom is 0.321 e. The third-order valence-corrected chi connectivity index (χ3v) is 3.92. The first-order chi connectivity index (χ1) is 8.91. The van der Waals surface area contributed by atoms with Gasteiger partial charge in [-0.3, -0.25) is 10.1 Å². The summed E-state index contributed by atoms with van der Waals surface area (Å²) in [6.07, 6.45) is 2.89. The van der Waals surface area contributed by atoms with Gasteiger partial charge in [0.2, 0.25) is 0 Å². The van der Waals surface area contributed by atoms with Crippen molar-refractivity contribution >= 4 is 28.3 Å². The first-order valence-electron chi connectivity index (χ1n) is 6.10. The van der Waals surface area contributed by atoms with Gasteiger partial charge in [-0.1, -0.05) is 31.3 Å². The molecule has 1 heterocycles. The average molecular weight is 279 g/mol. The Morgan fingerprint density at radius 2 is 2.26 bits per heavy atom. The van der Waals surface area contributed by atoms with Crippen LogP contribution < -0.4 is 10.6 Å². The van der Waals surface area contributed by atoms with Crippen molar-refractivity contribution in [3.8, 4) is 0 Å². The molecule has 0 atom stereocenters. The molecule has 2 amide bonds. The molecule has 0 aliphatic heterocycles. The highest BCUT2D eigenvalue weighted by atomic mass is 32.1. The fourth-order valence-corrected chi connectivity index (χ4v) is 2.99. The Kier molecular flexibility index (Phi) is 3.71. The lowest BCUT2D eigenvalue weighted by Crippen LogP contribution is -2.28. The number of carbonyl (C=O) groups is 2. The van der Waals surface area contributed by atoms with Crippen molar-refractivity contribution in [1.82, 2.24) is 10.3 Å². The monoisotopic (exact) mass is 279 g/mol. The Labute approximate surface area is 116 Å². The lowest BCUT2D eigenvalue weighted by atomic mass is 9.78. The largest absolute Gasteiger partial charge is 0.334 e. The number of thiazole rings is 1. The summed E-state index contributed by atoms with van der Waals surface area (Å²) in [7, 11) is 0. The number of rotatable bonds is 3. The van der Waals surface area contributed by atoms with Crippen molar-refractivity contribution in [1.29, 1.82) is 0 Å². The van der Waals surface area contributed by atoms with E-state index in [9.17, 15) is 9.59 Å². The maximum atomic E-state index is 12.0. The normalized spacial score (nSPS) is 16.6. The molecule has 2 N–H and O–H groups in total. The van der Waals surface area contributed by atoms with E-state index in [4.69, 9.17) is 0 Å². The summed E-state index contributed by atoms with van der Waals surface area (Å²) in [5.41, 5.74) is 0.742. The fourth-order valence-electron chi connectivity index (χ4n) is 2.08. The van der Waals surface area contributed by atoms with E-state index in [0.717, 1.165) is 12.1 Å². The zero-order valence-electron chi connectivity index (χ0n) is 11.1. The summed E-state index contributed by atoms with van der Waals surface area (Å²) >= 11 is 1.25. The number of Topliss-reactive ketones (excluding diaryl/α,β-unsaturated/α-hetero) is 1. The Morgan fingerprint density at radius 1 is 1.53 bits per heavy atom. The number of carbonyl (C=O) groups excluding carboxylic acids is 2. The van der Waals surface area contributed by atoms with Gasteiger partial charge in [0.1, 0.15) is 0 Å². The molecule has 0 aromatic carbocycles. The topological polar surface area (TPSA) is 71.1 Å². The first kappa shape index (κ1) is 13.7. The van der Waals surface area contributed by atoms with Crippen LogP contribution in [-0.2, 0) is 6.42 Å². The van der Waals surface area contributed by atoms with E-state index in [1.807, 2.05) is 0 Å². The molecular formula is C13H17N3O2S. The standard InChI is InChI=1S/C13H17N3O2S/c1-4-5-14-11(18)16-12-15-8-6-13(2,3)7-9(17)10(8)19-12/h4H,1,5-7H2,2-3H3,(H2,14,15,16,18). The highest BCUT2D eigenvalue weighted by Crippen LogP contribution is 2.38. The van der Waals surface area contributed by atoms with Gasteiger partial charge in [-0.25, -0.2) is 9.78 Å². The van der Waals surface area contributed by atoms with Gasteiger partial charge in [-0.05, 0) is 11.8 Å². The van der Waals surface area contributed by atoms with Crippen LogP contribution in [0.2, 0.25) is 0 Å². The molecule has 1 aromatic heterocycles. The van der Waals surface area contributed by atoms with E-state index in [-0.39, 0.29) is 17.2 Å². The van der Waals surface area contributed by atoms with E-state index in [1.54, 1.807) is 6.08 Å². The Hall–Kier alpha value is -1.69. The van der Waals surface area contributed by atoms with Crippen molar-refractivity contribution in [2.24, 2.45) is 5.41 Å². The summed E-state index contributed by atoms with van der Waals surface area (Å²) in [5, 5.41) is 5.71. The molecule has 0 fully saturated rings. The number of hydrogen-bond acceptors (Lipinski definition) is 4. The Morgan fingerprint density at radius 3 is 2.95 bits per heavy atom. The number of aromatic nitrogens is 1. The van der Waals surface area contributed by atoms with E-state index in [2.05, 4.69) is 36.0 Å². The summed E-state index contributed by atoms with van der Waals surface area (Å²) < 4.78 is 0. The molecular weight excluding hydrogens is 262 g/mol. The SMILES string of the molecule is C=CCNC(=O)Nc1nc2c(s1)C(=O)CC(C)(C)C2.